The third-order valence-corrected chi connectivity index (χ3v) is 3.12. The molecular weight excluding hydrogens is 226 g/mol. The van der Waals surface area contributed by atoms with Gasteiger partial charge in [0.25, 0.3) is 0 Å². The van der Waals surface area contributed by atoms with Gasteiger partial charge in [-0.2, -0.15) is 0 Å². The van der Waals surface area contributed by atoms with Crippen LogP contribution in [0.1, 0.15) is 38.3 Å². The molecule has 0 aromatic heterocycles. The largest absolute Gasteiger partial charge is 0.396 e. The van der Waals surface area contributed by atoms with Crippen molar-refractivity contribution in [1.29, 1.82) is 0 Å². The maximum atomic E-state index is 11.7. The van der Waals surface area contributed by atoms with E-state index in [1.165, 1.54) is 5.56 Å². The average Bonchev–Trinajstić information content (AvgIpc) is 2.27. The Morgan fingerprint density at radius 3 is 2.39 bits per heavy atom. The van der Waals surface area contributed by atoms with Crippen molar-refractivity contribution in [3.63, 3.8) is 0 Å². The molecule has 0 aliphatic rings. The number of hydrogen-bond donors (Lipinski definition) is 1. The molecule has 1 N–H and O–H groups in total. The van der Waals surface area contributed by atoms with Crippen LogP contribution in [0.15, 0.2) is 18.2 Å². The molecule has 1 aromatic rings. The van der Waals surface area contributed by atoms with Gasteiger partial charge in [0, 0.05) is 12.7 Å². The maximum absolute atomic E-state index is 11.7. The molecule has 3 nitrogen and oxygen atoms in total. The summed E-state index contributed by atoms with van der Waals surface area (Å²) in [5.74, 6) is -0.0656. The second-order valence-electron chi connectivity index (χ2n) is 5.68. The van der Waals surface area contributed by atoms with E-state index in [0.717, 1.165) is 11.3 Å². The van der Waals surface area contributed by atoms with Gasteiger partial charge in [-0.05, 0) is 29.5 Å². The van der Waals surface area contributed by atoms with Crippen LogP contribution in [0.2, 0.25) is 0 Å². The summed E-state index contributed by atoms with van der Waals surface area (Å²) in [7, 11) is 1.75. The number of hydrogen-bond acceptors (Lipinski definition) is 2. The molecular formula is C15H23NO2. The number of carbonyl (C=O) groups is 1. The van der Waals surface area contributed by atoms with Gasteiger partial charge in [0.15, 0.2) is 0 Å². The Kier molecular flexibility index (Phi) is 4.52. The number of benzene rings is 1. The molecule has 3 heteroatoms. The Hall–Kier alpha value is -1.35. The van der Waals surface area contributed by atoms with E-state index in [0.29, 0.717) is 0 Å². The van der Waals surface area contributed by atoms with Gasteiger partial charge in [0.2, 0.25) is 5.91 Å². The lowest BCUT2D eigenvalue weighted by atomic mass is 9.86. The Morgan fingerprint density at radius 2 is 1.94 bits per heavy atom. The molecule has 0 atom stereocenters. The van der Waals surface area contributed by atoms with Crippen molar-refractivity contribution in [3.8, 4) is 0 Å². The molecule has 0 saturated carbocycles. The Morgan fingerprint density at radius 1 is 1.33 bits per heavy atom. The summed E-state index contributed by atoms with van der Waals surface area (Å²) in [6.45, 7) is 8.40. The average molecular weight is 249 g/mol. The molecule has 0 spiro atoms. The molecule has 18 heavy (non-hydrogen) atoms. The first kappa shape index (κ1) is 14.7. The third kappa shape index (κ3) is 3.33. The summed E-state index contributed by atoms with van der Waals surface area (Å²) in [5.41, 5.74) is 3.35. The summed E-state index contributed by atoms with van der Waals surface area (Å²) in [5, 5.41) is 8.81. The first-order valence-electron chi connectivity index (χ1n) is 6.26. The van der Waals surface area contributed by atoms with Crippen molar-refractivity contribution in [2.24, 2.45) is 0 Å². The standard InChI is InChI=1S/C15H23NO2/c1-11-10-12(15(2,3)4)6-7-13(11)16(5)14(18)8-9-17/h6-7,10,17H,8-9H2,1-5H3. The number of nitrogens with zero attached hydrogens (tertiary/aromatic N) is 1. The van der Waals surface area contributed by atoms with E-state index < -0.39 is 0 Å². The van der Waals surface area contributed by atoms with Gasteiger partial charge in [0.05, 0.1) is 13.0 Å². The molecule has 0 saturated heterocycles. The van der Waals surface area contributed by atoms with Crippen molar-refractivity contribution in [3.05, 3.63) is 29.3 Å². The highest BCUT2D eigenvalue weighted by Crippen LogP contribution is 2.28. The summed E-state index contributed by atoms with van der Waals surface area (Å²) >= 11 is 0. The van der Waals surface area contributed by atoms with Gasteiger partial charge in [-0.25, -0.2) is 0 Å². The van der Waals surface area contributed by atoms with Crippen LogP contribution < -0.4 is 4.90 Å². The van der Waals surface area contributed by atoms with Gasteiger partial charge in [-0.3, -0.25) is 4.79 Å². The van der Waals surface area contributed by atoms with Crippen molar-refractivity contribution in [2.45, 2.75) is 39.5 Å². The molecule has 0 aliphatic carbocycles. The SMILES string of the molecule is Cc1cc(C(C)(C)C)ccc1N(C)C(=O)CCO. The summed E-state index contributed by atoms with van der Waals surface area (Å²) in [6.07, 6.45) is 0.164. The molecule has 1 aromatic carbocycles. The second-order valence-corrected chi connectivity index (χ2v) is 5.68. The molecule has 0 radical (unpaired) electrons. The zero-order valence-corrected chi connectivity index (χ0v) is 11.9. The summed E-state index contributed by atoms with van der Waals surface area (Å²) < 4.78 is 0. The summed E-state index contributed by atoms with van der Waals surface area (Å²) in [4.78, 5) is 13.4. The number of aliphatic hydroxyl groups is 1. The minimum Gasteiger partial charge on any atom is -0.396 e. The van der Waals surface area contributed by atoms with Gasteiger partial charge < -0.3 is 10.0 Å². The lowest BCUT2D eigenvalue weighted by molar-refractivity contribution is -0.118. The molecule has 0 unspecified atom stereocenters. The van der Waals surface area contributed by atoms with Crippen molar-refractivity contribution >= 4 is 11.6 Å². The van der Waals surface area contributed by atoms with Crippen LogP contribution in [0, 0.1) is 6.92 Å². The lowest BCUT2D eigenvalue weighted by Gasteiger charge is -2.24. The first-order chi connectivity index (χ1) is 8.27. The maximum Gasteiger partial charge on any atom is 0.229 e. The van der Waals surface area contributed by atoms with Crippen molar-refractivity contribution in [2.75, 3.05) is 18.6 Å². The van der Waals surface area contributed by atoms with Gasteiger partial charge >= 0.3 is 0 Å². The predicted octanol–water partition coefficient (Wildman–Crippen LogP) is 2.64. The Balaban J connectivity index is 3.02. The van der Waals surface area contributed by atoms with Crippen LogP contribution in [-0.2, 0) is 10.2 Å². The fourth-order valence-corrected chi connectivity index (χ4v) is 1.90. The van der Waals surface area contributed by atoms with E-state index in [1.54, 1.807) is 11.9 Å². The van der Waals surface area contributed by atoms with E-state index in [9.17, 15) is 4.79 Å². The van der Waals surface area contributed by atoms with Gasteiger partial charge in [-0.15, -0.1) is 0 Å². The van der Waals surface area contributed by atoms with Crippen LogP contribution in [0.3, 0.4) is 0 Å². The van der Waals surface area contributed by atoms with Crippen molar-refractivity contribution < 1.29 is 9.90 Å². The van der Waals surface area contributed by atoms with Crippen LogP contribution in [0.4, 0.5) is 5.69 Å². The number of carbonyl (C=O) groups excluding carboxylic acids is 1. The second kappa shape index (κ2) is 5.53. The molecule has 0 fully saturated rings. The van der Waals surface area contributed by atoms with E-state index in [4.69, 9.17) is 5.11 Å². The smallest absolute Gasteiger partial charge is 0.229 e. The van der Waals surface area contributed by atoms with E-state index >= 15 is 0 Å². The van der Waals surface area contributed by atoms with Crippen LogP contribution in [0.25, 0.3) is 0 Å². The molecule has 0 heterocycles. The van der Waals surface area contributed by atoms with Gasteiger partial charge in [0.1, 0.15) is 0 Å². The fourth-order valence-electron chi connectivity index (χ4n) is 1.90. The zero-order chi connectivity index (χ0) is 13.9. The Labute approximate surface area is 109 Å². The number of anilines is 1. The van der Waals surface area contributed by atoms with Gasteiger partial charge in [-0.1, -0.05) is 32.9 Å². The van der Waals surface area contributed by atoms with Crippen molar-refractivity contribution in [1.82, 2.24) is 0 Å². The molecule has 0 aliphatic heterocycles. The minimum absolute atomic E-state index is 0.0656. The monoisotopic (exact) mass is 249 g/mol. The predicted molar refractivity (Wildman–Crippen MR) is 75.0 cm³/mol. The minimum atomic E-state index is -0.109. The third-order valence-electron chi connectivity index (χ3n) is 3.12. The number of aliphatic hydroxyl groups excluding tert-OH is 1. The zero-order valence-electron chi connectivity index (χ0n) is 11.9. The molecule has 100 valence electrons. The molecule has 1 rings (SSSR count). The summed E-state index contributed by atoms with van der Waals surface area (Å²) in [6, 6.07) is 6.16. The molecule has 1 amide bonds. The van der Waals surface area contributed by atoms with Crippen LogP contribution >= 0.6 is 0 Å². The topological polar surface area (TPSA) is 40.5 Å². The highest BCUT2D eigenvalue weighted by molar-refractivity contribution is 5.93. The lowest BCUT2D eigenvalue weighted by Crippen LogP contribution is -2.27. The molecule has 0 bridgehead atoms. The highest BCUT2D eigenvalue weighted by Gasteiger charge is 2.17. The number of amides is 1. The van der Waals surface area contributed by atoms with Crippen LogP contribution in [-0.4, -0.2) is 24.7 Å². The number of aryl methyl sites for hydroxylation is 1. The highest BCUT2D eigenvalue weighted by atomic mass is 16.3. The quantitative estimate of drug-likeness (QED) is 0.894. The van der Waals surface area contributed by atoms with E-state index in [-0.39, 0.29) is 24.3 Å². The number of rotatable bonds is 3. The van der Waals surface area contributed by atoms with E-state index in [2.05, 4.69) is 32.9 Å². The normalized spacial score (nSPS) is 11.4. The van der Waals surface area contributed by atoms with Crippen LogP contribution in [0.5, 0.6) is 0 Å². The fraction of sp³-hybridized carbons (Fsp3) is 0.533. The first-order valence-corrected chi connectivity index (χ1v) is 6.26. The van der Waals surface area contributed by atoms with E-state index in [1.807, 2.05) is 13.0 Å². The Bertz CT molecular complexity index is 433.